The number of hydrogen-bond donors (Lipinski definition) is 3. The molecule has 4 N–H and O–H groups in total. The molecule has 0 fully saturated rings. The van der Waals surface area contributed by atoms with Crippen LogP contribution in [0.5, 0.6) is 0 Å². The molecule has 0 aliphatic heterocycles. The van der Waals surface area contributed by atoms with Crippen LogP contribution in [-0.2, 0) is 14.3 Å². The first-order valence-corrected chi connectivity index (χ1v) is 7.58. The van der Waals surface area contributed by atoms with Crippen LogP contribution in [0.3, 0.4) is 0 Å². The summed E-state index contributed by atoms with van der Waals surface area (Å²) in [6.45, 7) is 12.6. The molecule has 7 nitrogen and oxygen atoms in total. The van der Waals surface area contributed by atoms with Crippen LogP contribution in [-0.4, -0.2) is 50.5 Å². The van der Waals surface area contributed by atoms with Crippen LogP contribution >= 0.6 is 0 Å². The molecule has 25 heavy (non-hydrogen) atoms. The predicted molar refractivity (Wildman–Crippen MR) is 93.1 cm³/mol. The Balaban J connectivity index is -0.0000000964. The molecule has 0 saturated heterocycles. The quantitative estimate of drug-likeness (QED) is 0.418. The van der Waals surface area contributed by atoms with Gasteiger partial charge in [-0.2, -0.15) is 0 Å². The van der Waals surface area contributed by atoms with E-state index in [2.05, 4.69) is 0 Å². The van der Waals surface area contributed by atoms with Crippen molar-refractivity contribution in [2.75, 3.05) is 6.61 Å². The summed E-state index contributed by atoms with van der Waals surface area (Å²) in [4.78, 5) is 21.1. The standard InChI is InChI=1S/C9H18O3.C7H14O3.CH4.Li.H2O/c1-5-12-8(10)6-9(4,11)7(2)3;1-5(2)7(3,10)4-6(8)9;;;/h7,11H,5-6H2,1-4H3;5,10H,4H2,1-3H3,(H,8,9);1H4;;1H2/q;;;+1;/p-1. The Morgan fingerprint density at radius 1 is 0.960 bits per heavy atom. The fourth-order valence-corrected chi connectivity index (χ4v) is 1.22. The first-order valence-electron chi connectivity index (χ1n) is 7.58. The monoisotopic (exact) mass is 360 g/mol. The van der Waals surface area contributed by atoms with E-state index in [9.17, 15) is 19.8 Å². The molecule has 0 saturated carbocycles. The van der Waals surface area contributed by atoms with Crippen molar-refractivity contribution in [3.63, 3.8) is 0 Å². The number of aliphatic carboxylic acids is 1. The topological polar surface area (TPSA) is 134 Å². The van der Waals surface area contributed by atoms with Gasteiger partial charge in [-0.05, 0) is 32.6 Å². The molecule has 0 aliphatic carbocycles. The van der Waals surface area contributed by atoms with Gasteiger partial charge in [0.05, 0.1) is 30.7 Å². The van der Waals surface area contributed by atoms with E-state index >= 15 is 0 Å². The maximum absolute atomic E-state index is 11.0. The molecule has 0 amide bonds. The number of carbonyl (C=O) groups excluding carboxylic acids is 1. The fourth-order valence-electron chi connectivity index (χ4n) is 1.22. The maximum Gasteiger partial charge on any atom is 1.00 e. The second-order valence-corrected chi connectivity index (χ2v) is 6.58. The van der Waals surface area contributed by atoms with Crippen molar-refractivity contribution in [2.24, 2.45) is 11.8 Å². The Morgan fingerprint density at radius 3 is 1.48 bits per heavy atom. The molecule has 0 rings (SSSR count). The SMILES string of the molecule is C.CC(C)C(C)(O)CC(=O)O.CCOC(=O)CC(C)(O)C(C)C.[Li+].[OH-]. The van der Waals surface area contributed by atoms with Gasteiger partial charge in [-0.15, -0.1) is 0 Å². The summed E-state index contributed by atoms with van der Waals surface area (Å²) in [5.74, 6) is -1.26. The zero-order valence-electron chi connectivity index (χ0n) is 16.3. The van der Waals surface area contributed by atoms with Crippen LogP contribution in [0, 0.1) is 11.8 Å². The maximum atomic E-state index is 11.0. The third-order valence-corrected chi connectivity index (χ3v) is 3.80. The van der Waals surface area contributed by atoms with Gasteiger partial charge in [-0.3, -0.25) is 9.59 Å². The number of rotatable bonds is 7. The minimum Gasteiger partial charge on any atom is -0.870 e. The third-order valence-electron chi connectivity index (χ3n) is 3.80. The summed E-state index contributed by atoms with van der Waals surface area (Å²) < 4.78 is 4.73. The van der Waals surface area contributed by atoms with Gasteiger partial charge in [-0.1, -0.05) is 35.1 Å². The average Bonchev–Trinajstić information content (AvgIpc) is 2.26. The van der Waals surface area contributed by atoms with E-state index < -0.39 is 17.2 Å². The van der Waals surface area contributed by atoms with Crippen molar-refractivity contribution in [3.8, 4) is 0 Å². The molecular formula is C17H37LiO7. The normalized spacial score (nSPS) is 14.4. The zero-order chi connectivity index (χ0) is 18.1. The minimum atomic E-state index is -1.08. The minimum absolute atomic E-state index is 0. The molecule has 0 bridgehead atoms. The number of hydrogen-bond acceptors (Lipinski definition) is 6. The Kier molecular flexibility index (Phi) is 22.2. The predicted octanol–water partition coefficient (Wildman–Crippen LogP) is -0.322. The Morgan fingerprint density at radius 2 is 1.28 bits per heavy atom. The van der Waals surface area contributed by atoms with Crippen molar-refractivity contribution >= 4 is 11.9 Å². The summed E-state index contributed by atoms with van der Waals surface area (Å²) >= 11 is 0. The molecule has 0 aliphatic rings. The van der Waals surface area contributed by atoms with Gasteiger partial charge >= 0.3 is 30.8 Å². The molecule has 0 heterocycles. The van der Waals surface area contributed by atoms with Crippen LogP contribution in [0.1, 0.15) is 68.7 Å². The van der Waals surface area contributed by atoms with Crippen LogP contribution in [0.2, 0.25) is 0 Å². The van der Waals surface area contributed by atoms with Crippen molar-refractivity contribution in [2.45, 2.75) is 79.9 Å². The summed E-state index contributed by atoms with van der Waals surface area (Å²) in [7, 11) is 0. The molecule has 0 spiro atoms. The van der Waals surface area contributed by atoms with E-state index in [1.54, 1.807) is 27.7 Å². The Hall–Kier alpha value is -0.583. The number of ether oxygens (including phenoxy) is 1. The van der Waals surface area contributed by atoms with Gasteiger partial charge in [-0.25, -0.2) is 0 Å². The van der Waals surface area contributed by atoms with Crippen LogP contribution in [0.4, 0.5) is 0 Å². The van der Waals surface area contributed by atoms with Crippen molar-refractivity contribution in [1.29, 1.82) is 0 Å². The van der Waals surface area contributed by atoms with Crippen LogP contribution < -0.4 is 18.9 Å². The van der Waals surface area contributed by atoms with E-state index in [-0.39, 0.29) is 62.4 Å². The molecule has 0 radical (unpaired) electrons. The van der Waals surface area contributed by atoms with E-state index in [0.717, 1.165) is 0 Å². The molecule has 148 valence electrons. The first-order chi connectivity index (χ1) is 9.76. The number of esters is 1. The van der Waals surface area contributed by atoms with Crippen molar-refractivity contribution in [3.05, 3.63) is 0 Å². The summed E-state index contributed by atoms with van der Waals surface area (Å²) in [5.41, 5.74) is -2.03. The molecule has 2 atom stereocenters. The van der Waals surface area contributed by atoms with Crippen LogP contribution in [0.25, 0.3) is 0 Å². The Bertz CT molecular complexity index is 353. The van der Waals surface area contributed by atoms with Gasteiger partial charge in [0.15, 0.2) is 0 Å². The summed E-state index contributed by atoms with van der Waals surface area (Å²) in [6, 6.07) is 0. The van der Waals surface area contributed by atoms with E-state index in [1.807, 2.05) is 13.8 Å². The van der Waals surface area contributed by atoms with Gasteiger partial charge in [0.1, 0.15) is 0 Å². The summed E-state index contributed by atoms with van der Waals surface area (Å²) in [5, 5.41) is 27.4. The number of carboxylic acids is 1. The molecule has 0 aromatic rings. The number of aliphatic hydroxyl groups is 2. The smallest absolute Gasteiger partial charge is 0.870 e. The van der Waals surface area contributed by atoms with Crippen molar-refractivity contribution in [1.82, 2.24) is 0 Å². The van der Waals surface area contributed by atoms with Gasteiger partial charge in [0.25, 0.3) is 0 Å². The van der Waals surface area contributed by atoms with E-state index in [0.29, 0.717) is 6.61 Å². The van der Waals surface area contributed by atoms with Crippen LogP contribution in [0.15, 0.2) is 0 Å². The number of carbonyl (C=O) groups is 2. The van der Waals surface area contributed by atoms with E-state index in [1.165, 1.54) is 6.92 Å². The summed E-state index contributed by atoms with van der Waals surface area (Å²) in [6.07, 6.45) is -0.122. The van der Waals surface area contributed by atoms with Gasteiger partial charge in [0.2, 0.25) is 0 Å². The second-order valence-electron chi connectivity index (χ2n) is 6.58. The number of carboxylic acid groups (broad SMARTS) is 1. The Labute approximate surface area is 164 Å². The zero-order valence-corrected chi connectivity index (χ0v) is 16.3. The van der Waals surface area contributed by atoms with Crippen molar-refractivity contribution < 1.29 is 54.0 Å². The third kappa shape index (κ3) is 18.0. The van der Waals surface area contributed by atoms with E-state index in [4.69, 9.17) is 9.84 Å². The second kappa shape index (κ2) is 15.7. The largest absolute Gasteiger partial charge is 1.00 e. The molecule has 2 unspecified atom stereocenters. The average molecular weight is 360 g/mol. The van der Waals surface area contributed by atoms with Gasteiger partial charge in [0, 0.05) is 0 Å². The first kappa shape index (κ1) is 35.5. The molecule has 0 aromatic carbocycles. The molecular weight excluding hydrogens is 323 g/mol. The van der Waals surface area contributed by atoms with Gasteiger partial charge < -0.3 is 25.5 Å². The fraction of sp³-hybridized carbons (Fsp3) is 0.882. The molecule has 0 aromatic heterocycles. The molecule has 8 heteroatoms.